The molecular weight excluding hydrogens is 651 g/mol. The number of para-hydroxylation sites is 4. The van der Waals surface area contributed by atoms with Crippen molar-refractivity contribution in [2.45, 2.75) is 0 Å². The van der Waals surface area contributed by atoms with Crippen LogP contribution in [0.1, 0.15) is 11.1 Å². The van der Waals surface area contributed by atoms with Gasteiger partial charge in [-0.25, -0.2) is 9.67 Å². The molecule has 0 aliphatic heterocycles. The van der Waals surface area contributed by atoms with Gasteiger partial charge in [-0.05, 0) is 91.0 Å². The third-order valence-corrected chi connectivity index (χ3v) is 9.98. The maximum atomic E-state index is 9.53. The van der Waals surface area contributed by atoms with Crippen LogP contribution in [0.15, 0.2) is 164 Å². The number of fused-ring (bicyclic) bond motifs is 6. The second kappa shape index (κ2) is 11.9. The predicted octanol–water partition coefficient (Wildman–Crippen LogP) is 10.5. The van der Waals surface area contributed by atoms with Gasteiger partial charge in [0, 0.05) is 44.0 Å². The van der Waals surface area contributed by atoms with Gasteiger partial charge in [-0.3, -0.25) is 0 Å². The molecule has 0 fully saturated rings. The molecule has 0 amide bonds. The van der Waals surface area contributed by atoms with Gasteiger partial charge in [0.05, 0.1) is 51.0 Å². The molecule has 0 unspecified atom stereocenters. The molecule has 0 spiro atoms. The number of nitriles is 2. The first kappa shape index (κ1) is 30.1. The van der Waals surface area contributed by atoms with E-state index < -0.39 is 0 Å². The molecule has 246 valence electrons. The van der Waals surface area contributed by atoms with Crippen LogP contribution in [0.5, 0.6) is 0 Å². The molecule has 0 aliphatic carbocycles. The van der Waals surface area contributed by atoms with Gasteiger partial charge in [-0.15, -0.1) is 5.10 Å². The quantitative estimate of drug-likeness (QED) is 0.181. The molecule has 0 bridgehead atoms. The second-order valence-electron chi connectivity index (χ2n) is 13.0. The van der Waals surface area contributed by atoms with Gasteiger partial charge >= 0.3 is 0 Å². The third kappa shape index (κ3) is 4.73. The van der Waals surface area contributed by atoms with Crippen molar-refractivity contribution in [2.24, 2.45) is 0 Å². The summed E-state index contributed by atoms with van der Waals surface area (Å²) in [5.74, 6) is 1.17. The molecule has 7 nitrogen and oxygen atoms in total. The van der Waals surface area contributed by atoms with E-state index in [2.05, 4.69) is 137 Å². The van der Waals surface area contributed by atoms with E-state index in [9.17, 15) is 10.5 Å². The van der Waals surface area contributed by atoms with Crippen molar-refractivity contribution in [2.75, 3.05) is 0 Å². The molecule has 0 saturated heterocycles. The minimum atomic E-state index is 0.530. The fraction of sp³-hybridized carbons (Fsp3) is 0. The Morgan fingerprint density at radius 3 is 1.55 bits per heavy atom. The first-order valence-corrected chi connectivity index (χ1v) is 17.3. The predicted molar refractivity (Wildman–Crippen MR) is 210 cm³/mol. The largest absolute Gasteiger partial charge is 0.309 e. The van der Waals surface area contributed by atoms with Gasteiger partial charge in [0.2, 0.25) is 0 Å². The molecule has 10 aromatic rings. The Hall–Kier alpha value is -7.74. The van der Waals surface area contributed by atoms with E-state index in [1.54, 1.807) is 24.3 Å². The summed E-state index contributed by atoms with van der Waals surface area (Å²) in [7, 11) is 0. The molecule has 0 atom stereocenters. The van der Waals surface area contributed by atoms with E-state index >= 15 is 0 Å². The van der Waals surface area contributed by atoms with Crippen molar-refractivity contribution in [1.82, 2.24) is 23.9 Å². The first-order chi connectivity index (χ1) is 26.2. The fourth-order valence-electron chi connectivity index (χ4n) is 7.59. The lowest BCUT2D eigenvalue weighted by atomic mass is 10.1. The molecule has 0 saturated carbocycles. The van der Waals surface area contributed by atoms with Crippen LogP contribution in [0.2, 0.25) is 0 Å². The zero-order valence-electron chi connectivity index (χ0n) is 28.2. The number of hydrogen-bond acceptors (Lipinski definition) is 4. The van der Waals surface area contributed by atoms with Crippen molar-refractivity contribution in [3.8, 4) is 52.0 Å². The Labute approximate surface area is 304 Å². The van der Waals surface area contributed by atoms with Crippen LogP contribution in [0, 0.1) is 22.7 Å². The van der Waals surface area contributed by atoms with Crippen LogP contribution in [-0.2, 0) is 0 Å². The highest BCUT2D eigenvalue weighted by Gasteiger charge is 2.22. The Kier molecular flexibility index (Phi) is 6.79. The summed E-state index contributed by atoms with van der Waals surface area (Å²) in [6.07, 6.45) is 0. The monoisotopic (exact) mass is 677 g/mol. The van der Waals surface area contributed by atoms with E-state index in [1.165, 1.54) is 10.8 Å². The van der Waals surface area contributed by atoms with E-state index in [0.29, 0.717) is 22.8 Å². The van der Waals surface area contributed by atoms with Crippen molar-refractivity contribution >= 4 is 43.6 Å². The second-order valence-corrected chi connectivity index (χ2v) is 13.0. The van der Waals surface area contributed by atoms with Crippen molar-refractivity contribution in [1.29, 1.82) is 10.5 Å². The molecule has 7 aromatic carbocycles. The van der Waals surface area contributed by atoms with Crippen molar-refractivity contribution in [3.05, 3.63) is 175 Å². The molecule has 0 aliphatic rings. The van der Waals surface area contributed by atoms with Crippen LogP contribution in [0.25, 0.3) is 83.4 Å². The SMILES string of the molecule is N#Cc1ccc(-c2nc(-c3ccc(C#N)cc3)n(-c3cccc4c5ccccc5n(-c5cccc(-n6c7ccccc7c7ccccc76)c5)c34)n2)cc1. The van der Waals surface area contributed by atoms with E-state index in [4.69, 9.17) is 10.1 Å². The minimum absolute atomic E-state index is 0.530. The lowest BCUT2D eigenvalue weighted by Crippen LogP contribution is -2.04. The van der Waals surface area contributed by atoms with E-state index in [-0.39, 0.29) is 0 Å². The summed E-state index contributed by atoms with van der Waals surface area (Å²) in [4.78, 5) is 5.08. The Morgan fingerprint density at radius 2 is 0.943 bits per heavy atom. The Morgan fingerprint density at radius 1 is 0.453 bits per heavy atom. The molecule has 7 heteroatoms. The number of rotatable bonds is 5. The molecule has 10 rings (SSSR count). The minimum Gasteiger partial charge on any atom is -0.309 e. The van der Waals surface area contributed by atoms with Crippen molar-refractivity contribution < 1.29 is 0 Å². The maximum absolute atomic E-state index is 9.53. The summed E-state index contributed by atoms with van der Waals surface area (Å²) < 4.78 is 6.57. The van der Waals surface area contributed by atoms with Crippen LogP contribution >= 0.6 is 0 Å². The molecule has 53 heavy (non-hydrogen) atoms. The summed E-state index contributed by atoms with van der Waals surface area (Å²) in [5.41, 5.74) is 10.0. The molecule has 3 aromatic heterocycles. The third-order valence-electron chi connectivity index (χ3n) is 9.98. The molecule has 0 N–H and O–H groups in total. The van der Waals surface area contributed by atoms with Gasteiger partial charge in [0.1, 0.15) is 0 Å². The van der Waals surface area contributed by atoms with Gasteiger partial charge in [0.15, 0.2) is 11.6 Å². The highest BCUT2D eigenvalue weighted by atomic mass is 15.4. The van der Waals surface area contributed by atoms with Gasteiger partial charge in [0.25, 0.3) is 0 Å². The van der Waals surface area contributed by atoms with Gasteiger partial charge < -0.3 is 9.13 Å². The van der Waals surface area contributed by atoms with Crippen LogP contribution in [0.3, 0.4) is 0 Å². The highest BCUT2D eigenvalue weighted by Crippen LogP contribution is 2.38. The maximum Gasteiger partial charge on any atom is 0.182 e. The summed E-state index contributed by atoms with van der Waals surface area (Å²) in [6, 6.07) is 59.7. The summed E-state index contributed by atoms with van der Waals surface area (Å²) >= 11 is 0. The smallest absolute Gasteiger partial charge is 0.182 e. The molecule has 0 radical (unpaired) electrons. The average molecular weight is 678 g/mol. The number of benzene rings is 7. The van der Waals surface area contributed by atoms with Gasteiger partial charge in [-0.2, -0.15) is 10.5 Å². The molecule has 3 heterocycles. The lowest BCUT2D eigenvalue weighted by Gasteiger charge is -2.15. The zero-order valence-corrected chi connectivity index (χ0v) is 28.2. The van der Waals surface area contributed by atoms with Crippen molar-refractivity contribution in [3.63, 3.8) is 0 Å². The Bertz CT molecular complexity index is 3070. The zero-order chi connectivity index (χ0) is 35.5. The van der Waals surface area contributed by atoms with E-state index in [1.807, 2.05) is 28.9 Å². The average Bonchev–Trinajstić information content (AvgIpc) is 3.92. The summed E-state index contributed by atoms with van der Waals surface area (Å²) in [5, 5.41) is 28.7. The topological polar surface area (TPSA) is 88.2 Å². The van der Waals surface area contributed by atoms with Crippen LogP contribution in [-0.4, -0.2) is 23.9 Å². The molecular formula is C46H27N7. The van der Waals surface area contributed by atoms with Gasteiger partial charge in [-0.1, -0.05) is 72.8 Å². The highest BCUT2D eigenvalue weighted by molar-refractivity contribution is 6.12. The standard InChI is InChI=1S/C46H27N7/c47-28-30-19-23-32(24-20-30)45-49-46(33-25-21-31(29-48)22-26-33)53(50-45)43-18-8-14-39-38-13-3-6-17-42(38)52(44(39)43)35-10-7-9-34(27-35)51-40-15-4-1-11-36(40)37-12-2-5-16-41(37)51/h1-27H. The van der Waals surface area contributed by atoms with Crippen LogP contribution < -0.4 is 0 Å². The number of aromatic nitrogens is 5. The van der Waals surface area contributed by atoms with E-state index in [0.717, 1.165) is 61.0 Å². The normalized spacial score (nSPS) is 11.4. The first-order valence-electron chi connectivity index (χ1n) is 17.3. The number of nitrogens with zero attached hydrogens (tertiary/aromatic N) is 7. The fourth-order valence-corrected chi connectivity index (χ4v) is 7.59. The summed E-state index contributed by atoms with van der Waals surface area (Å²) in [6.45, 7) is 0. The van der Waals surface area contributed by atoms with Crippen LogP contribution in [0.4, 0.5) is 0 Å². The Balaban J connectivity index is 1.24. The lowest BCUT2D eigenvalue weighted by molar-refractivity contribution is 0.892. The number of hydrogen-bond donors (Lipinski definition) is 0.